The van der Waals surface area contributed by atoms with E-state index >= 15 is 0 Å². The minimum absolute atomic E-state index is 0.128. The number of thiophene rings is 1. The molecule has 7 heteroatoms. The molecule has 168 valence electrons. The molecule has 0 aliphatic rings. The lowest BCUT2D eigenvalue weighted by atomic mass is 10.1. The third kappa shape index (κ3) is 6.17. The van der Waals surface area contributed by atoms with Crippen molar-refractivity contribution in [3.05, 3.63) is 100 Å². The molecule has 0 saturated carbocycles. The first-order chi connectivity index (χ1) is 16.1. The van der Waals surface area contributed by atoms with Gasteiger partial charge in [-0.2, -0.15) is 5.10 Å². The molecule has 0 spiro atoms. The second-order valence-corrected chi connectivity index (χ2v) is 8.78. The maximum Gasteiger partial charge on any atom is 0.222 e. The largest absolute Gasteiger partial charge is 0.352 e. The second-order valence-electron chi connectivity index (χ2n) is 7.80. The molecule has 33 heavy (non-hydrogen) atoms. The lowest BCUT2D eigenvalue weighted by Gasteiger charge is -2.16. The summed E-state index contributed by atoms with van der Waals surface area (Å²) in [6.07, 6.45) is 2.17. The Morgan fingerprint density at radius 1 is 1.00 bits per heavy atom. The molecule has 2 amide bonds. The van der Waals surface area contributed by atoms with E-state index in [4.69, 9.17) is 5.10 Å². The van der Waals surface area contributed by atoms with Crippen molar-refractivity contribution in [2.75, 3.05) is 0 Å². The van der Waals surface area contributed by atoms with Gasteiger partial charge in [-0.25, -0.2) is 0 Å². The van der Waals surface area contributed by atoms with Crippen LogP contribution in [0.3, 0.4) is 0 Å². The first-order valence-electron chi connectivity index (χ1n) is 10.8. The van der Waals surface area contributed by atoms with Crippen molar-refractivity contribution >= 4 is 23.2 Å². The van der Waals surface area contributed by atoms with E-state index in [1.54, 1.807) is 0 Å². The SMILES string of the molecule is CC(=O)N[C@H](CC(=O)NCc1cn(Cc2ccccc2)nc1-c1ccccc1)c1cccs1. The van der Waals surface area contributed by atoms with E-state index in [0.717, 1.165) is 27.3 Å². The number of hydrogen-bond acceptors (Lipinski definition) is 4. The number of rotatable bonds is 9. The van der Waals surface area contributed by atoms with Crippen LogP contribution >= 0.6 is 11.3 Å². The molecule has 0 radical (unpaired) electrons. The molecule has 2 heterocycles. The Morgan fingerprint density at radius 3 is 2.39 bits per heavy atom. The average molecular weight is 459 g/mol. The average Bonchev–Trinajstić information content (AvgIpc) is 3.49. The van der Waals surface area contributed by atoms with Crippen LogP contribution in [-0.2, 0) is 22.7 Å². The van der Waals surface area contributed by atoms with Crippen molar-refractivity contribution in [2.45, 2.75) is 32.5 Å². The highest BCUT2D eigenvalue weighted by molar-refractivity contribution is 7.10. The normalized spacial score (nSPS) is 11.7. The van der Waals surface area contributed by atoms with Gasteiger partial charge >= 0.3 is 0 Å². The Balaban J connectivity index is 1.49. The van der Waals surface area contributed by atoms with Gasteiger partial charge in [0.1, 0.15) is 0 Å². The molecule has 0 fully saturated rings. The van der Waals surface area contributed by atoms with Gasteiger partial charge in [0.25, 0.3) is 0 Å². The number of carbonyl (C=O) groups is 2. The number of nitrogens with zero attached hydrogens (tertiary/aromatic N) is 2. The van der Waals surface area contributed by atoms with Crippen molar-refractivity contribution in [1.29, 1.82) is 0 Å². The smallest absolute Gasteiger partial charge is 0.222 e. The van der Waals surface area contributed by atoms with E-state index in [0.29, 0.717) is 13.1 Å². The number of nitrogens with one attached hydrogen (secondary N) is 2. The molecule has 4 rings (SSSR count). The summed E-state index contributed by atoms with van der Waals surface area (Å²) in [6.45, 7) is 2.47. The Kier molecular flexibility index (Phi) is 7.32. The summed E-state index contributed by atoms with van der Waals surface area (Å²) in [6, 6.07) is 23.6. The monoisotopic (exact) mass is 458 g/mol. The minimum atomic E-state index is -0.336. The first kappa shape index (κ1) is 22.5. The van der Waals surface area contributed by atoms with E-state index in [1.165, 1.54) is 18.3 Å². The van der Waals surface area contributed by atoms with Gasteiger partial charge < -0.3 is 10.6 Å². The molecule has 0 saturated heterocycles. The van der Waals surface area contributed by atoms with Gasteiger partial charge in [0.2, 0.25) is 11.8 Å². The van der Waals surface area contributed by atoms with Crippen LogP contribution < -0.4 is 10.6 Å². The predicted molar refractivity (Wildman–Crippen MR) is 131 cm³/mol. The summed E-state index contributed by atoms with van der Waals surface area (Å²) in [7, 11) is 0. The second kappa shape index (κ2) is 10.7. The summed E-state index contributed by atoms with van der Waals surface area (Å²) in [4.78, 5) is 25.3. The van der Waals surface area contributed by atoms with Crippen LogP contribution in [0, 0.1) is 0 Å². The molecule has 2 N–H and O–H groups in total. The Hall–Kier alpha value is -3.71. The maximum atomic E-state index is 12.8. The highest BCUT2D eigenvalue weighted by Crippen LogP contribution is 2.24. The van der Waals surface area contributed by atoms with Crippen molar-refractivity contribution in [3.8, 4) is 11.3 Å². The Labute approximate surface area is 197 Å². The predicted octanol–water partition coefficient (Wildman–Crippen LogP) is 4.54. The lowest BCUT2D eigenvalue weighted by Crippen LogP contribution is -2.32. The van der Waals surface area contributed by atoms with Gasteiger partial charge in [-0.15, -0.1) is 11.3 Å². The molecule has 0 aliphatic carbocycles. The minimum Gasteiger partial charge on any atom is -0.352 e. The molecule has 6 nitrogen and oxygen atoms in total. The zero-order valence-electron chi connectivity index (χ0n) is 18.4. The van der Waals surface area contributed by atoms with Gasteiger partial charge in [-0.05, 0) is 17.0 Å². The fourth-order valence-electron chi connectivity index (χ4n) is 3.69. The molecule has 1 atom stereocenters. The van der Waals surface area contributed by atoms with E-state index < -0.39 is 0 Å². The van der Waals surface area contributed by atoms with E-state index in [9.17, 15) is 9.59 Å². The van der Waals surface area contributed by atoms with Gasteiger partial charge in [0.05, 0.1) is 24.7 Å². The topological polar surface area (TPSA) is 76.0 Å². The summed E-state index contributed by atoms with van der Waals surface area (Å²) in [5, 5.41) is 12.6. The quantitative estimate of drug-likeness (QED) is 0.387. The van der Waals surface area contributed by atoms with E-state index in [2.05, 4.69) is 22.8 Å². The molecule has 0 aliphatic heterocycles. The van der Waals surface area contributed by atoms with Crippen LogP contribution in [0.2, 0.25) is 0 Å². The molecule has 2 aromatic heterocycles. The summed E-state index contributed by atoms with van der Waals surface area (Å²) < 4.78 is 1.91. The van der Waals surface area contributed by atoms with E-state index in [1.807, 2.05) is 76.9 Å². The highest BCUT2D eigenvalue weighted by atomic mass is 32.1. The summed E-state index contributed by atoms with van der Waals surface area (Å²) in [5.74, 6) is -0.285. The number of hydrogen-bond donors (Lipinski definition) is 2. The fraction of sp³-hybridized carbons (Fsp3) is 0.192. The number of aromatic nitrogens is 2. The standard InChI is InChI=1S/C26H26N4O2S/c1-19(31)28-23(24-13-8-14-33-24)15-25(32)27-16-22-18-30(17-20-9-4-2-5-10-20)29-26(22)21-11-6-3-7-12-21/h2-14,18,23H,15-17H2,1H3,(H,27,32)(H,28,31)/t23-/m1/s1. The molecule has 4 aromatic rings. The maximum absolute atomic E-state index is 12.8. The van der Waals surface area contributed by atoms with Crippen molar-refractivity contribution in [2.24, 2.45) is 0 Å². The summed E-state index contributed by atoms with van der Waals surface area (Å²) >= 11 is 1.53. The first-order valence-corrected chi connectivity index (χ1v) is 11.7. The van der Waals surface area contributed by atoms with Gasteiger partial charge in [0.15, 0.2) is 0 Å². The van der Waals surface area contributed by atoms with Crippen LogP contribution in [0.1, 0.15) is 35.4 Å². The molecule has 0 bridgehead atoms. The molecular formula is C26H26N4O2S. The third-order valence-corrected chi connectivity index (χ3v) is 6.19. The Morgan fingerprint density at radius 2 is 1.73 bits per heavy atom. The van der Waals surface area contributed by atoms with Gasteiger partial charge in [-0.1, -0.05) is 66.7 Å². The third-order valence-electron chi connectivity index (χ3n) is 5.20. The Bertz CT molecular complexity index is 1190. The molecule has 2 aromatic carbocycles. The zero-order chi connectivity index (χ0) is 23.0. The molecule has 0 unspecified atom stereocenters. The van der Waals surface area contributed by atoms with Gasteiger partial charge in [0, 0.05) is 35.7 Å². The van der Waals surface area contributed by atoms with Crippen molar-refractivity contribution in [3.63, 3.8) is 0 Å². The van der Waals surface area contributed by atoms with Crippen molar-refractivity contribution in [1.82, 2.24) is 20.4 Å². The van der Waals surface area contributed by atoms with Crippen LogP contribution in [0.15, 0.2) is 84.4 Å². The van der Waals surface area contributed by atoms with Crippen LogP contribution in [0.25, 0.3) is 11.3 Å². The van der Waals surface area contributed by atoms with E-state index in [-0.39, 0.29) is 24.3 Å². The van der Waals surface area contributed by atoms with Crippen LogP contribution in [-0.4, -0.2) is 21.6 Å². The zero-order valence-corrected chi connectivity index (χ0v) is 19.2. The molecular weight excluding hydrogens is 432 g/mol. The van der Waals surface area contributed by atoms with Gasteiger partial charge in [-0.3, -0.25) is 14.3 Å². The van der Waals surface area contributed by atoms with Crippen LogP contribution in [0.5, 0.6) is 0 Å². The number of amides is 2. The highest BCUT2D eigenvalue weighted by Gasteiger charge is 2.19. The van der Waals surface area contributed by atoms with Crippen molar-refractivity contribution < 1.29 is 9.59 Å². The number of benzene rings is 2. The summed E-state index contributed by atoms with van der Waals surface area (Å²) in [5.41, 5.74) is 3.95. The number of carbonyl (C=O) groups excluding carboxylic acids is 2. The fourth-order valence-corrected chi connectivity index (χ4v) is 4.47. The lowest BCUT2D eigenvalue weighted by molar-refractivity contribution is -0.122. The van der Waals surface area contributed by atoms with Crippen LogP contribution in [0.4, 0.5) is 0 Å².